The molecule has 6 rings (SSSR count). The number of aromatic nitrogens is 5. The number of amides is 1. The van der Waals surface area contributed by atoms with Crippen molar-refractivity contribution in [2.45, 2.75) is 25.1 Å². The van der Waals surface area contributed by atoms with Gasteiger partial charge in [-0.15, -0.1) is 5.10 Å². The van der Waals surface area contributed by atoms with Gasteiger partial charge in [0.2, 0.25) is 5.91 Å². The topological polar surface area (TPSA) is 110 Å². The lowest BCUT2D eigenvalue weighted by atomic mass is 10.1. The third-order valence-corrected chi connectivity index (χ3v) is 6.56. The number of nitrogens with zero attached hydrogens (tertiary/aromatic N) is 6. The number of pyridine rings is 3. The van der Waals surface area contributed by atoms with Crippen LogP contribution in [0.3, 0.4) is 0 Å². The number of carbonyl (C=O) groups excluding carboxylic acids is 1. The largest absolute Gasteiger partial charge is 0.416 e. The summed E-state index contributed by atoms with van der Waals surface area (Å²) >= 11 is 0. The molecule has 0 spiro atoms. The lowest BCUT2D eigenvalue weighted by Gasteiger charge is -2.35. The summed E-state index contributed by atoms with van der Waals surface area (Å²) in [5.74, 6) is 1.42. The fraction of sp³-hybridized carbons (Fsp3) is 0.375. The fourth-order valence-electron chi connectivity index (χ4n) is 4.41. The molecule has 37 heavy (non-hydrogen) atoms. The highest BCUT2D eigenvalue weighted by Crippen LogP contribution is 2.34. The van der Waals surface area contributed by atoms with Crippen molar-refractivity contribution in [2.75, 3.05) is 42.3 Å². The molecular formula is C24H23F3N8O2. The van der Waals surface area contributed by atoms with E-state index in [2.05, 4.69) is 30.7 Å². The summed E-state index contributed by atoms with van der Waals surface area (Å²) in [4.78, 5) is 27.4. The average molecular weight is 512 g/mol. The Labute approximate surface area is 208 Å². The number of hydrogen-bond donors (Lipinski definition) is 2. The standard InChI is InChI=1S/C24H23F3N8O2/c1-28-21-16-9-29-19(31-23(36)13-2-3-13)8-15(16)17(10-30-21)22-32-20-5-4-14(11-35(20)33-22)34-6-7-37-18(12-34)24(25,26)27/h4-5,8-11,13,18H,2-3,6-7,12H2,1H3,(H,28,30)(H,29,31,36)/t18-/m0/s1. The zero-order chi connectivity index (χ0) is 25.7. The molecule has 2 N–H and O–H groups in total. The molecule has 1 saturated carbocycles. The van der Waals surface area contributed by atoms with E-state index in [1.165, 1.54) is 4.52 Å². The molecule has 1 aliphatic carbocycles. The Hall–Kier alpha value is -4.00. The molecule has 5 heterocycles. The summed E-state index contributed by atoms with van der Waals surface area (Å²) in [6.45, 7) is 0.0227. The third kappa shape index (κ3) is 4.50. The Kier molecular flexibility index (Phi) is 5.59. The molecule has 0 radical (unpaired) electrons. The number of fused-ring (bicyclic) bond motifs is 2. The Balaban J connectivity index is 1.36. The Morgan fingerprint density at radius 3 is 2.76 bits per heavy atom. The number of rotatable bonds is 5. The molecule has 1 aliphatic heterocycles. The molecule has 1 atom stereocenters. The van der Waals surface area contributed by atoms with Gasteiger partial charge < -0.3 is 20.3 Å². The monoisotopic (exact) mass is 512 g/mol. The zero-order valence-electron chi connectivity index (χ0n) is 19.8. The predicted octanol–water partition coefficient (Wildman–Crippen LogP) is 3.50. The normalized spacial score (nSPS) is 18.4. The number of nitrogens with one attached hydrogen (secondary N) is 2. The van der Waals surface area contributed by atoms with Crippen LogP contribution in [0.4, 0.5) is 30.5 Å². The van der Waals surface area contributed by atoms with Crippen LogP contribution in [-0.2, 0) is 9.53 Å². The number of carbonyl (C=O) groups is 1. The molecule has 4 aromatic rings. The van der Waals surface area contributed by atoms with Crippen LogP contribution < -0.4 is 15.5 Å². The second kappa shape index (κ2) is 8.83. The lowest BCUT2D eigenvalue weighted by molar-refractivity contribution is -0.221. The van der Waals surface area contributed by atoms with Crippen LogP contribution in [0.2, 0.25) is 0 Å². The first-order chi connectivity index (χ1) is 17.8. The minimum absolute atomic E-state index is 0.0199. The van der Waals surface area contributed by atoms with Crippen LogP contribution in [0, 0.1) is 5.92 Å². The molecule has 1 saturated heterocycles. The number of alkyl halides is 3. The summed E-state index contributed by atoms with van der Waals surface area (Å²) in [6.07, 6.45) is 0.443. The maximum absolute atomic E-state index is 13.2. The van der Waals surface area contributed by atoms with Gasteiger partial charge in [-0.2, -0.15) is 13.2 Å². The van der Waals surface area contributed by atoms with E-state index in [1.807, 2.05) is 0 Å². The number of ether oxygens (including phenoxy) is 1. The first kappa shape index (κ1) is 23.4. The van der Waals surface area contributed by atoms with Crippen LogP contribution in [0.15, 0.2) is 36.8 Å². The van der Waals surface area contributed by atoms with E-state index in [0.29, 0.717) is 40.9 Å². The summed E-state index contributed by atoms with van der Waals surface area (Å²) < 4.78 is 46.0. The van der Waals surface area contributed by atoms with Gasteiger partial charge in [0.1, 0.15) is 11.6 Å². The van der Waals surface area contributed by atoms with Gasteiger partial charge in [-0.3, -0.25) is 4.79 Å². The van der Waals surface area contributed by atoms with Crippen molar-refractivity contribution in [3.05, 3.63) is 36.8 Å². The molecule has 1 amide bonds. The molecule has 4 aromatic heterocycles. The maximum atomic E-state index is 13.2. The molecule has 0 aromatic carbocycles. The van der Waals surface area contributed by atoms with Gasteiger partial charge in [0, 0.05) is 48.2 Å². The number of halogens is 3. The minimum atomic E-state index is -4.43. The summed E-state index contributed by atoms with van der Waals surface area (Å²) in [5, 5.41) is 12.0. The van der Waals surface area contributed by atoms with E-state index in [4.69, 9.17) is 4.74 Å². The molecule has 10 nitrogen and oxygen atoms in total. The van der Waals surface area contributed by atoms with Gasteiger partial charge >= 0.3 is 6.18 Å². The van der Waals surface area contributed by atoms with E-state index in [-0.39, 0.29) is 25.0 Å². The van der Waals surface area contributed by atoms with Crippen molar-refractivity contribution >= 4 is 39.6 Å². The van der Waals surface area contributed by atoms with Gasteiger partial charge in [0.25, 0.3) is 0 Å². The Bertz CT molecular complexity index is 1500. The Morgan fingerprint density at radius 1 is 1.16 bits per heavy atom. The number of hydrogen-bond acceptors (Lipinski definition) is 8. The van der Waals surface area contributed by atoms with Gasteiger partial charge in [-0.05, 0) is 31.0 Å². The van der Waals surface area contributed by atoms with Crippen molar-refractivity contribution in [2.24, 2.45) is 5.92 Å². The van der Waals surface area contributed by atoms with E-state index in [0.717, 1.165) is 23.6 Å². The van der Waals surface area contributed by atoms with Gasteiger partial charge in [0.05, 0.1) is 25.0 Å². The quantitative estimate of drug-likeness (QED) is 0.418. The highest BCUT2D eigenvalue weighted by atomic mass is 19.4. The SMILES string of the molecule is CNc1ncc(-c2nc3ccc(N4CCO[C@H](C(F)(F)F)C4)cn3n2)c2cc(NC(=O)C3CC3)ncc12. The molecule has 0 unspecified atom stereocenters. The molecule has 0 bridgehead atoms. The van der Waals surface area contributed by atoms with Crippen LogP contribution in [-0.4, -0.2) is 69.5 Å². The first-order valence-corrected chi connectivity index (χ1v) is 11.9. The number of morpholine rings is 1. The van der Waals surface area contributed by atoms with E-state index in [1.54, 1.807) is 48.7 Å². The average Bonchev–Trinajstić information content (AvgIpc) is 3.66. The molecule has 13 heteroatoms. The van der Waals surface area contributed by atoms with Crippen LogP contribution in [0.25, 0.3) is 27.8 Å². The third-order valence-electron chi connectivity index (χ3n) is 6.56. The van der Waals surface area contributed by atoms with Crippen molar-refractivity contribution in [3.8, 4) is 11.4 Å². The van der Waals surface area contributed by atoms with Gasteiger partial charge in [0.15, 0.2) is 17.6 Å². The predicted molar refractivity (Wildman–Crippen MR) is 130 cm³/mol. The smallest absolute Gasteiger partial charge is 0.373 e. The number of anilines is 3. The van der Waals surface area contributed by atoms with E-state index < -0.39 is 12.3 Å². The minimum Gasteiger partial charge on any atom is -0.373 e. The second-order valence-electron chi connectivity index (χ2n) is 9.12. The van der Waals surface area contributed by atoms with Crippen molar-refractivity contribution in [1.29, 1.82) is 0 Å². The van der Waals surface area contributed by atoms with Gasteiger partial charge in [-0.25, -0.2) is 19.5 Å². The highest BCUT2D eigenvalue weighted by molar-refractivity contribution is 6.03. The van der Waals surface area contributed by atoms with E-state index in [9.17, 15) is 18.0 Å². The van der Waals surface area contributed by atoms with Crippen LogP contribution in [0.1, 0.15) is 12.8 Å². The summed E-state index contributed by atoms with van der Waals surface area (Å²) in [6, 6.07) is 5.21. The first-order valence-electron chi connectivity index (χ1n) is 11.9. The summed E-state index contributed by atoms with van der Waals surface area (Å²) in [5.41, 5.74) is 1.75. The molecule has 2 fully saturated rings. The van der Waals surface area contributed by atoms with Crippen LogP contribution in [0.5, 0.6) is 0 Å². The van der Waals surface area contributed by atoms with Crippen molar-refractivity contribution in [1.82, 2.24) is 24.6 Å². The van der Waals surface area contributed by atoms with E-state index >= 15 is 0 Å². The molecular weight excluding hydrogens is 489 g/mol. The zero-order valence-corrected chi connectivity index (χ0v) is 19.8. The fourth-order valence-corrected chi connectivity index (χ4v) is 4.41. The van der Waals surface area contributed by atoms with Crippen molar-refractivity contribution < 1.29 is 22.7 Å². The molecule has 192 valence electrons. The summed E-state index contributed by atoms with van der Waals surface area (Å²) in [7, 11) is 1.75. The highest BCUT2D eigenvalue weighted by Gasteiger charge is 2.43. The second-order valence-corrected chi connectivity index (χ2v) is 9.12. The molecule has 2 aliphatic rings. The lowest BCUT2D eigenvalue weighted by Crippen LogP contribution is -2.49. The Morgan fingerprint density at radius 2 is 2.00 bits per heavy atom. The van der Waals surface area contributed by atoms with Gasteiger partial charge in [-0.1, -0.05) is 0 Å². The van der Waals surface area contributed by atoms with Crippen molar-refractivity contribution in [3.63, 3.8) is 0 Å². The van der Waals surface area contributed by atoms with Crippen LogP contribution >= 0.6 is 0 Å². The maximum Gasteiger partial charge on any atom is 0.416 e.